The van der Waals surface area contributed by atoms with Crippen LogP contribution >= 0.6 is 0 Å². The molecule has 158 valence electrons. The van der Waals surface area contributed by atoms with E-state index >= 15 is 0 Å². The second-order valence-electron chi connectivity index (χ2n) is 7.59. The van der Waals surface area contributed by atoms with Crippen molar-refractivity contribution in [2.24, 2.45) is 0 Å². The van der Waals surface area contributed by atoms with Gasteiger partial charge in [-0.1, -0.05) is 36.4 Å². The fourth-order valence-electron chi connectivity index (χ4n) is 3.37. The van der Waals surface area contributed by atoms with Crippen molar-refractivity contribution in [2.75, 3.05) is 38.0 Å². The first-order chi connectivity index (χ1) is 14.0. The average Bonchev–Trinajstić information content (AvgIpc) is 2.72. The quantitative estimate of drug-likeness (QED) is 0.321. The molecule has 3 rings (SSSR count). The standard InChI is InChI=1S/C23H26N2O4S.Na/c1-24(2)20-11-5-17(6-12-20)23(26,18-7-13-21(14-8-18)25(3)4)19-9-15-22(16-10-19)30(27,28)29;/h5-16,26H,1-4H3,(H,27,28,29);/q;+1. The summed E-state index contributed by atoms with van der Waals surface area (Å²) in [5.41, 5.74) is 2.25. The van der Waals surface area contributed by atoms with Crippen LogP contribution in [0.15, 0.2) is 77.7 Å². The average molecular weight is 450 g/mol. The topological polar surface area (TPSA) is 81.1 Å². The molecule has 0 radical (unpaired) electrons. The number of hydrogen-bond donors (Lipinski definition) is 2. The normalized spacial score (nSPS) is 11.5. The second kappa shape index (κ2) is 9.73. The third kappa shape index (κ3) is 5.31. The van der Waals surface area contributed by atoms with E-state index in [0.717, 1.165) is 11.4 Å². The van der Waals surface area contributed by atoms with Gasteiger partial charge in [-0.05, 0) is 53.1 Å². The Morgan fingerprint density at radius 3 is 1.19 bits per heavy atom. The predicted molar refractivity (Wildman–Crippen MR) is 120 cm³/mol. The van der Waals surface area contributed by atoms with Crippen LogP contribution < -0.4 is 39.4 Å². The van der Waals surface area contributed by atoms with E-state index in [1.807, 2.05) is 86.5 Å². The molecule has 0 heterocycles. The summed E-state index contributed by atoms with van der Waals surface area (Å²) in [5, 5.41) is 11.9. The number of rotatable bonds is 6. The molecule has 0 amide bonds. The molecule has 0 atom stereocenters. The van der Waals surface area contributed by atoms with Crippen LogP contribution in [0.3, 0.4) is 0 Å². The Bertz CT molecular complexity index is 1060. The maximum Gasteiger partial charge on any atom is 1.00 e. The fourth-order valence-corrected chi connectivity index (χ4v) is 3.85. The molecule has 3 aromatic carbocycles. The van der Waals surface area contributed by atoms with Crippen molar-refractivity contribution < 1.29 is 47.6 Å². The Morgan fingerprint density at radius 1 is 0.645 bits per heavy atom. The Morgan fingerprint density at radius 2 is 0.935 bits per heavy atom. The van der Waals surface area contributed by atoms with Gasteiger partial charge in [0.25, 0.3) is 10.1 Å². The monoisotopic (exact) mass is 449 g/mol. The molecule has 0 bridgehead atoms. The summed E-state index contributed by atoms with van der Waals surface area (Å²) >= 11 is 0. The minimum atomic E-state index is -4.32. The smallest absolute Gasteiger partial charge is 0.378 e. The first-order valence-corrected chi connectivity index (χ1v) is 10.8. The summed E-state index contributed by atoms with van der Waals surface area (Å²) in [4.78, 5) is 3.71. The van der Waals surface area contributed by atoms with Crippen LogP contribution in [0.4, 0.5) is 11.4 Å². The molecule has 3 aromatic rings. The van der Waals surface area contributed by atoms with Crippen molar-refractivity contribution in [1.29, 1.82) is 0 Å². The molecule has 31 heavy (non-hydrogen) atoms. The summed E-state index contributed by atoms with van der Waals surface area (Å²) in [6.07, 6.45) is 0. The van der Waals surface area contributed by atoms with Gasteiger partial charge in [0.05, 0.1) is 4.90 Å². The first kappa shape index (κ1) is 25.4. The van der Waals surface area contributed by atoms with E-state index in [-0.39, 0.29) is 34.5 Å². The number of benzene rings is 3. The van der Waals surface area contributed by atoms with E-state index in [9.17, 15) is 18.1 Å². The molecule has 0 fully saturated rings. The van der Waals surface area contributed by atoms with E-state index in [0.29, 0.717) is 16.7 Å². The molecule has 0 saturated carbocycles. The van der Waals surface area contributed by atoms with Gasteiger partial charge in [0.2, 0.25) is 0 Å². The minimum absolute atomic E-state index is 0. The molecule has 0 saturated heterocycles. The van der Waals surface area contributed by atoms with Gasteiger partial charge in [-0.15, -0.1) is 0 Å². The maximum atomic E-state index is 11.9. The molecule has 0 aliphatic carbocycles. The predicted octanol–water partition coefficient (Wildman–Crippen LogP) is 0.354. The van der Waals surface area contributed by atoms with Crippen molar-refractivity contribution in [2.45, 2.75) is 10.5 Å². The summed E-state index contributed by atoms with van der Waals surface area (Å²) < 4.78 is 32.1. The van der Waals surface area contributed by atoms with Gasteiger partial charge in [0, 0.05) is 39.6 Å². The second-order valence-corrected chi connectivity index (χ2v) is 9.01. The number of aliphatic hydroxyl groups is 1. The van der Waals surface area contributed by atoms with Gasteiger partial charge in [-0.25, -0.2) is 0 Å². The molecule has 0 spiro atoms. The summed E-state index contributed by atoms with van der Waals surface area (Å²) in [7, 11) is 3.44. The van der Waals surface area contributed by atoms with E-state index in [2.05, 4.69) is 0 Å². The SMILES string of the molecule is CN(C)c1ccc(C(O)(c2ccc(N(C)C)cc2)c2ccc(S(=O)(=O)O)cc2)cc1.[Na+]. The van der Waals surface area contributed by atoms with E-state index in [4.69, 9.17) is 0 Å². The van der Waals surface area contributed by atoms with E-state index < -0.39 is 15.7 Å². The van der Waals surface area contributed by atoms with Gasteiger partial charge in [0.1, 0.15) is 5.60 Å². The van der Waals surface area contributed by atoms with Gasteiger partial charge >= 0.3 is 29.6 Å². The van der Waals surface area contributed by atoms with Crippen molar-refractivity contribution in [3.05, 3.63) is 89.5 Å². The van der Waals surface area contributed by atoms with Crippen molar-refractivity contribution in [3.8, 4) is 0 Å². The fraction of sp³-hybridized carbons (Fsp3) is 0.217. The summed E-state index contributed by atoms with van der Waals surface area (Å²) in [5.74, 6) is 0. The Balaban J connectivity index is 0.00000341. The molecule has 0 unspecified atom stereocenters. The van der Waals surface area contributed by atoms with Gasteiger partial charge < -0.3 is 14.9 Å². The van der Waals surface area contributed by atoms with Crippen molar-refractivity contribution in [1.82, 2.24) is 0 Å². The van der Waals surface area contributed by atoms with Crippen LogP contribution in [0.5, 0.6) is 0 Å². The van der Waals surface area contributed by atoms with Crippen LogP contribution in [0.2, 0.25) is 0 Å². The molecular formula is C23H26N2NaO4S+. The number of nitrogens with zero attached hydrogens (tertiary/aromatic N) is 2. The minimum Gasteiger partial charge on any atom is -0.378 e. The molecule has 6 nitrogen and oxygen atoms in total. The van der Waals surface area contributed by atoms with Crippen LogP contribution in [-0.4, -0.2) is 46.3 Å². The molecular weight excluding hydrogens is 423 g/mol. The van der Waals surface area contributed by atoms with Crippen molar-refractivity contribution >= 4 is 21.5 Å². The summed E-state index contributed by atoms with van der Waals surface area (Å²) in [6, 6.07) is 20.7. The first-order valence-electron chi connectivity index (χ1n) is 9.39. The zero-order chi connectivity index (χ0) is 22.1. The molecule has 8 heteroatoms. The third-order valence-corrected chi connectivity index (χ3v) is 6.04. The largest absolute Gasteiger partial charge is 1.00 e. The zero-order valence-electron chi connectivity index (χ0n) is 18.4. The van der Waals surface area contributed by atoms with Crippen LogP contribution in [0.1, 0.15) is 16.7 Å². The molecule has 0 aliphatic heterocycles. The van der Waals surface area contributed by atoms with Gasteiger partial charge in [-0.2, -0.15) is 8.42 Å². The molecule has 2 N–H and O–H groups in total. The molecule has 0 aliphatic rings. The Labute approximate surface area is 206 Å². The Hall–Kier alpha value is -1.87. The Kier molecular flexibility index (Phi) is 7.97. The van der Waals surface area contributed by atoms with Gasteiger partial charge in [-0.3, -0.25) is 4.55 Å². The molecule has 0 aromatic heterocycles. The van der Waals surface area contributed by atoms with Crippen LogP contribution in [0, 0.1) is 0 Å². The summed E-state index contributed by atoms with van der Waals surface area (Å²) in [6.45, 7) is 0. The third-order valence-electron chi connectivity index (χ3n) is 5.17. The zero-order valence-corrected chi connectivity index (χ0v) is 21.3. The van der Waals surface area contributed by atoms with E-state index in [1.165, 1.54) is 24.3 Å². The number of anilines is 2. The number of hydrogen-bond acceptors (Lipinski definition) is 5. The van der Waals surface area contributed by atoms with Crippen LogP contribution in [0.25, 0.3) is 0 Å². The van der Waals surface area contributed by atoms with E-state index in [1.54, 1.807) is 0 Å². The maximum absolute atomic E-state index is 11.9. The van der Waals surface area contributed by atoms with Crippen molar-refractivity contribution in [3.63, 3.8) is 0 Å². The van der Waals surface area contributed by atoms with Gasteiger partial charge in [0.15, 0.2) is 0 Å². The van der Waals surface area contributed by atoms with Crippen LogP contribution in [-0.2, 0) is 15.7 Å².